The van der Waals surface area contributed by atoms with Gasteiger partial charge in [0, 0.05) is 12.0 Å². The third-order valence-electron chi connectivity index (χ3n) is 6.24. The van der Waals surface area contributed by atoms with E-state index in [1.54, 1.807) is 19.9 Å². The van der Waals surface area contributed by atoms with Gasteiger partial charge in [0.05, 0.1) is 11.8 Å². The summed E-state index contributed by atoms with van der Waals surface area (Å²) in [7, 11) is 0. The van der Waals surface area contributed by atoms with Crippen LogP contribution >= 0.6 is 0 Å². The Morgan fingerprint density at radius 3 is 2.16 bits per heavy atom. The minimum Gasteiger partial charge on any atom is -0.300 e. The molecule has 0 N–H and O–H groups in total. The third kappa shape index (κ3) is 3.60. The summed E-state index contributed by atoms with van der Waals surface area (Å²) in [5.74, 6) is -0.0823. The zero-order valence-electron chi connectivity index (χ0n) is 15.1. The van der Waals surface area contributed by atoms with Gasteiger partial charge in [-0.15, -0.1) is 0 Å². The minimum atomic E-state index is -0.287. The smallest absolute Gasteiger partial charge is 0.233 e. The molecule has 1 aliphatic heterocycles. The van der Waals surface area contributed by atoms with E-state index in [4.69, 9.17) is 0 Å². The molecule has 2 aliphatic carbocycles. The van der Waals surface area contributed by atoms with E-state index < -0.39 is 0 Å². The molecule has 0 aromatic heterocycles. The molecule has 0 bridgehead atoms. The Balaban J connectivity index is 1.64. The van der Waals surface area contributed by atoms with Gasteiger partial charge in [0.15, 0.2) is 5.78 Å². The normalized spacial score (nSPS) is 35.9. The van der Waals surface area contributed by atoms with Crippen LogP contribution in [0.1, 0.15) is 58.8 Å². The summed E-state index contributed by atoms with van der Waals surface area (Å²) in [6.45, 7) is 3.12. The molecule has 3 atom stereocenters. The molecule has 2 amide bonds. The van der Waals surface area contributed by atoms with Gasteiger partial charge in [-0.1, -0.05) is 6.08 Å². The molecule has 0 aromatic carbocycles. The number of amides is 2. The lowest BCUT2D eigenvalue weighted by molar-refractivity contribution is -0.143. The van der Waals surface area contributed by atoms with Crippen molar-refractivity contribution in [2.75, 3.05) is 0 Å². The van der Waals surface area contributed by atoms with E-state index in [2.05, 4.69) is 0 Å². The first-order chi connectivity index (χ1) is 11.9. The van der Waals surface area contributed by atoms with Crippen LogP contribution in [0.5, 0.6) is 0 Å². The number of rotatable bonds is 4. The Labute approximate surface area is 148 Å². The topological polar surface area (TPSA) is 71.5 Å². The molecule has 0 radical (unpaired) electrons. The summed E-state index contributed by atoms with van der Waals surface area (Å²) in [4.78, 5) is 49.9. The van der Waals surface area contributed by atoms with Crippen molar-refractivity contribution in [1.82, 2.24) is 4.90 Å². The summed E-state index contributed by atoms with van der Waals surface area (Å²) in [6.07, 6.45) is 8.92. The highest BCUT2D eigenvalue weighted by atomic mass is 16.2. The largest absolute Gasteiger partial charge is 0.300 e. The van der Waals surface area contributed by atoms with Crippen LogP contribution in [0.3, 0.4) is 0 Å². The second-order valence-corrected chi connectivity index (χ2v) is 7.92. The number of nitrogens with zero attached hydrogens (tertiary/aromatic N) is 1. The van der Waals surface area contributed by atoms with Gasteiger partial charge in [0.2, 0.25) is 11.8 Å². The summed E-state index contributed by atoms with van der Waals surface area (Å²) in [5.41, 5.74) is 0. The number of Topliss-reactive ketones (excluding diaryl/α,β-unsaturated/α-hetero) is 1. The molecule has 1 heterocycles. The lowest BCUT2D eigenvalue weighted by atomic mass is 9.74. The molecule has 3 fully saturated rings. The van der Waals surface area contributed by atoms with E-state index in [0.29, 0.717) is 18.8 Å². The first-order valence-electron chi connectivity index (χ1n) is 9.44. The molecule has 5 nitrogen and oxygen atoms in total. The lowest BCUT2D eigenvalue weighted by Gasteiger charge is -2.32. The molecule has 5 heteroatoms. The van der Waals surface area contributed by atoms with Crippen molar-refractivity contribution in [3.63, 3.8) is 0 Å². The van der Waals surface area contributed by atoms with E-state index in [-0.39, 0.29) is 47.2 Å². The van der Waals surface area contributed by atoms with E-state index >= 15 is 0 Å². The van der Waals surface area contributed by atoms with Crippen LogP contribution in [-0.2, 0) is 19.2 Å². The number of carbonyl (C=O) groups is 4. The Morgan fingerprint density at radius 1 is 0.920 bits per heavy atom. The maximum absolute atomic E-state index is 12.8. The van der Waals surface area contributed by atoms with Gasteiger partial charge in [0.1, 0.15) is 5.78 Å². The van der Waals surface area contributed by atoms with Crippen molar-refractivity contribution in [1.29, 1.82) is 0 Å². The average molecular weight is 345 g/mol. The molecule has 0 spiro atoms. The van der Waals surface area contributed by atoms with Gasteiger partial charge in [-0.2, -0.15) is 0 Å². The van der Waals surface area contributed by atoms with E-state index in [1.807, 2.05) is 6.08 Å². The summed E-state index contributed by atoms with van der Waals surface area (Å²) in [5, 5.41) is 0. The van der Waals surface area contributed by atoms with Crippen LogP contribution < -0.4 is 0 Å². The highest BCUT2D eigenvalue weighted by molar-refractivity contribution is 6.05. The summed E-state index contributed by atoms with van der Waals surface area (Å²) < 4.78 is 0. The second-order valence-electron chi connectivity index (χ2n) is 7.92. The monoisotopic (exact) mass is 345 g/mol. The van der Waals surface area contributed by atoms with Gasteiger partial charge in [-0.3, -0.25) is 24.1 Å². The van der Waals surface area contributed by atoms with Gasteiger partial charge in [-0.25, -0.2) is 0 Å². The molecule has 3 aliphatic rings. The Kier molecular flexibility index (Phi) is 5.21. The Hall–Kier alpha value is -1.78. The number of carbonyl (C=O) groups excluding carboxylic acids is 4. The van der Waals surface area contributed by atoms with Crippen molar-refractivity contribution >= 4 is 23.4 Å². The maximum Gasteiger partial charge on any atom is 0.233 e. The van der Waals surface area contributed by atoms with Crippen LogP contribution in [0, 0.1) is 23.7 Å². The highest BCUT2D eigenvalue weighted by Crippen LogP contribution is 2.43. The van der Waals surface area contributed by atoms with E-state index in [0.717, 1.165) is 32.1 Å². The van der Waals surface area contributed by atoms with Gasteiger partial charge < -0.3 is 0 Å². The second kappa shape index (κ2) is 7.22. The van der Waals surface area contributed by atoms with Gasteiger partial charge in [-0.05, 0) is 70.8 Å². The maximum atomic E-state index is 12.8. The predicted octanol–water partition coefficient (Wildman–Crippen LogP) is 2.68. The van der Waals surface area contributed by atoms with Crippen molar-refractivity contribution < 1.29 is 19.2 Å². The standard InChI is InChI=1S/C20H27NO4/c1-12(22)3-4-14-5-8-16(9-6-14)21-19(24)17-10-7-15(13(2)23)11-18(17)20(21)25/h3-4,14-18H,5-11H2,1-2H3/b4-3+. The van der Waals surface area contributed by atoms with Gasteiger partial charge >= 0.3 is 0 Å². The highest BCUT2D eigenvalue weighted by Gasteiger charge is 2.52. The molecule has 1 saturated heterocycles. The van der Waals surface area contributed by atoms with Crippen LogP contribution in [0.25, 0.3) is 0 Å². The van der Waals surface area contributed by atoms with Crippen molar-refractivity contribution in [2.24, 2.45) is 23.7 Å². The first kappa shape index (κ1) is 18.0. The molecule has 0 aromatic rings. The predicted molar refractivity (Wildman–Crippen MR) is 92.4 cm³/mol. The molecule has 3 unspecified atom stereocenters. The van der Waals surface area contributed by atoms with Crippen LogP contribution in [0.15, 0.2) is 12.2 Å². The lowest BCUT2D eigenvalue weighted by Crippen LogP contribution is -2.42. The molecule has 2 saturated carbocycles. The number of fused-ring (bicyclic) bond motifs is 1. The molecular weight excluding hydrogens is 318 g/mol. The molecular formula is C20H27NO4. The summed E-state index contributed by atoms with van der Waals surface area (Å²) in [6, 6.07) is -0.0108. The van der Waals surface area contributed by atoms with Crippen molar-refractivity contribution in [3.05, 3.63) is 12.2 Å². The average Bonchev–Trinajstić information content (AvgIpc) is 2.84. The van der Waals surface area contributed by atoms with Gasteiger partial charge in [0.25, 0.3) is 0 Å². The fraction of sp³-hybridized carbons (Fsp3) is 0.700. The minimum absolute atomic E-state index is 0.0108. The van der Waals surface area contributed by atoms with Crippen molar-refractivity contribution in [3.8, 4) is 0 Å². The Morgan fingerprint density at radius 2 is 1.56 bits per heavy atom. The number of imide groups is 1. The van der Waals surface area contributed by atoms with Crippen molar-refractivity contribution in [2.45, 2.75) is 64.8 Å². The third-order valence-corrected chi connectivity index (χ3v) is 6.24. The van der Waals surface area contributed by atoms with Crippen LogP contribution in [0.4, 0.5) is 0 Å². The fourth-order valence-electron chi connectivity index (χ4n) is 4.76. The zero-order valence-corrected chi connectivity index (χ0v) is 15.1. The fourth-order valence-corrected chi connectivity index (χ4v) is 4.76. The zero-order chi connectivity index (χ0) is 18.1. The molecule has 136 valence electrons. The first-order valence-corrected chi connectivity index (χ1v) is 9.44. The summed E-state index contributed by atoms with van der Waals surface area (Å²) >= 11 is 0. The number of hydrogen-bond acceptors (Lipinski definition) is 4. The number of ketones is 2. The van der Waals surface area contributed by atoms with Crippen LogP contribution in [-0.4, -0.2) is 34.3 Å². The van der Waals surface area contributed by atoms with Crippen LogP contribution in [0.2, 0.25) is 0 Å². The number of hydrogen-bond donors (Lipinski definition) is 0. The van der Waals surface area contributed by atoms with E-state index in [1.165, 1.54) is 4.90 Å². The quantitative estimate of drug-likeness (QED) is 0.580. The van der Waals surface area contributed by atoms with E-state index in [9.17, 15) is 19.2 Å². The Bertz CT molecular complexity index is 615. The number of likely N-dealkylation sites (tertiary alicyclic amines) is 1. The molecule has 3 rings (SSSR count). The number of allylic oxidation sites excluding steroid dienone is 2. The molecule has 25 heavy (non-hydrogen) atoms. The SMILES string of the molecule is CC(=O)/C=C/C1CCC(N2C(=O)C3CCC(C(C)=O)CC3C2=O)CC1.